The molecule has 0 saturated carbocycles. The molecule has 0 radical (unpaired) electrons. The maximum Gasteiger partial charge on any atom is 0.408 e. The number of benzene rings is 1. The molecule has 0 aromatic heterocycles. The molecule has 0 aliphatic heterocycles. The van der Waals surface area contributed by atoms with Crippen molar-refractivity contribution in [3.63, 3.8) is 0 Å². The second kappa shape index (κ2) is 5.99. The van der Waals surface area contributed by atoms with E-state index in [4.69, 9.17) is 11.6 Å². The van der Waals surface area contributed by atoms with Crippen LogP contribution in [0.15, 0.2) is 18.2 Å². The summed E-state index contributed by atoms with van der Waals surface area (Å²) in [5.41, 5.74) is -0.678. The van der Waals surface area contributed by atoms with Crippen molar-refractivity contribution in [2.45, 2.75) is 37.7 Å². The summed E-state index contributed by atoms with van der Waals surface area (Å²) in [6, 6.07) is 0.482. The minimum Gasteiger partial charge on any atom is -0.242 e. The molecule has 8 heteroatoms. The van der Waals surface area contributed by atoms with E-state index in [1.165, 1.54) is 20.8 Å². The van der Waals surface area contributed by atoms with Crippen molar-refractivity contribution in [3.05, 3.63) is 34.6 Å². The van der Waals surface area contributed by atoms with Crippen molar-refractivity contribution in [3.8, 4) is 0 Å². The summed E-state index contributed by atoms with van der Waals surface area (Å²) in [4.78, 5) is 0. The standard InChI is InChI=1S/C12H14ClF4NOS/c1-11(2,3)20(19)18-10(12(15,16)17)8-6-7(13)4-5-9(8)14/h4-6,10,18H,1-3H3/t10-,20?/m1/s1. The van der Waals surface area contributed by atoms with Crippen LogP contribution in [0, 0.1) is 5.82 Å². The van der Waals surface area contributed by atoms with Gasteiger partial charge in [-0.15, -0.1) is 0 Å². The van der Waals surface area contributed by atoms with Crippen LogP contribution < -0.4 is 4.72 Å². The van der Waals surface area contributed by atoms with Crippen molar-refractivity contribution in [2.24, 2.45) is 0 Å². The summed E-state index contributed by atoms with van der Waals surface area (Å²) >= 11 is 5.60. The van der Waals surface area contributed by atoms with Crippen LogP contribution in [-0.2, 0) is 11.0 Å². The molecule has 20 heavy (non-hydrogen) atoms. The summed E-state index contributed by atoms with van der Waals surface area (Å²) in [7, 11) is -2.01. The van der Waals surface area contributed by atoms with Gasteiger partial charge in [-0.3, -0.25) is 0 Å². The van der Waals surface area contributed by atoms with Crippen molar-refractivity contribution in [1.82, 2.24) is 4.72 Å². The molecule has 1 rings (SSSR count). The number of alkyl halides is 3. The summed E-state index contributed by atoms with van der Waals surface area (Å²) in [5.74, 6) is -1.06. The predicted octanol–water partition coefficient (Wildman–Crippen LogP) is 4.13. The average Bonchev–Trinajstić information content (AvgIpc) is 2.26. The number of halogens is 5. The average molecular weight is 332 g/mol. The fraction of sp³-hybridized carbons (Fsp3) is 0.500. The van der Waals surface area contributed by atoms with Gasteiger partial charge in [-0.2, -0.15) is 13.2 Å². The largest absolute Gasteiger partial charge is 0.408 e. The van der Waals surface area contributed by atoms with Gasteiger partial charge in [0.05, 0.1) is 15.7 Å². The van der Waals surface area contributed by atoms with Crippen LogP contribution in [0.25, 0.3) is 0 Å². The first kappa shape index (κ1) is 17.4. The molecule has 1 aromatic rings. The van der Waals surface area contributed by atoms with Gasteiger partial charge in [0, 0.05) is 10.6 Å². The molecule has 0 aliphatic rings. The van der Waals surface area contributed by atoms with Crippen molar-refractivity contribution in [2.75, 3.05) is 0 Å². The number of nitrogens with one attached hydrogen (secondary N) is 1. The van der Waals surface area contributed by atoms with E-state index in [2.05, 4.69) is 0 Å². The highest BCUT2D eigenvalue weighted by Crippen LogP contribution is 2.36. The van der Waals surface area contributed by atoms with E-state index in [0.717, 1.165) is 18.2 Å². The van der Waals surface area contributed by atoms with Gasteiger partial charge in [0.1, 0.15) is 11.9 Å². The Hall–Kier alpha value is -0.660. The smallest absolute Gasteiger partial charge is 0.242 e. The third-order valence-corrected chi connectivity index (χ3v) is 4.17. The van der Waals surface area contributed by atoms with Gasteiger partial charge in [-0.1, -0.05) is 11.6 Å². The normalized spacial score (nSPS) is 16.0. The lowest BCUT2D eigenvalue weighted by atomic mass is 10.1. The minimum atomic E-state index is -4.80. The Morgan fingerprint density at radius 3 is 2.25 bits per heavy atom. The third-order valence-electron chi connectivity index (χ3n) is 2.38. The number of rotatable bonds is 3. The van der Waals surface area contributed by atoms with Crippen molar-refractivity contribution in [1.29, 1.82) is 0 Å². The van der Waals surface area contributed by atoms with Gasteiger partial charge >= 0.3 is 6.18 Å². The molecular weight excluding hydrogens is 318 g/mol. The van der Waals surface area contributed by atoms with Crippen LogP contribution in [0.4, 0.5) is 17.6 Å². The molecule has 2 atom stereocenters. The zero-order valence-corrected chi connectivity index (χ0v) is 12.6. The maximum atomic E-state index is 13.6. The lowest BCUT2D eigenvalue weighted by Crippen LogP contribution is -2.42. The second-order valence-electron chi connectivity index (χ2n) is 5.14. The van der Waals surface area contributed by atoms with Crippen LogP contribution in [0.3, 0.4) is 0 Å². The van der Waals surface area contributed by atoms with E-state index in [-0.39, 0.29) is 5.02 Å². The molecule has 0 heterocycles. The molecule has 1 aromatic carbocycles. The molecule has 0 amide bonds. The van der Waals surface area contributed by atoms with Crippen molar-refractivity contribution >= 4 is 22.6 Å². The molecule has 1 N–H and O–H groups in total. The van der Waals surface area contributed by atoms with E-state index in [0.29, 0.717) is 0 Å². The predicted molar refractivity (Wildman–Crippen MR) is 71.2 cm³/mol. The highest BCUT2D eigenvalue weighted by molar-refractivity contribution is 7.84. The van der Waals surface area contributed by atoms with E-state index < -0.39 is 39.3 Å². The lowest BCUT2D eigenvalue weighted by molar-refractivity contribution is -0.153. The van der Waals surface area contributed by atoms with Gasteiger partial charge in [0.25, 0.3) is 0 Å². The Bertz CT molecular complexity index is 513. The molecular formula is C12H14ClF4NOS. The van der Waals surface area contributed by atoms with Gasteiger partial charge in [-0.05, 0) is 39.0 Å². The topological polar surface area (TPSA) is 29.1 Å². The Labute approximate surface area is 122 Å². The summed E-state index contributed by atoms with van der Waals surface area (Å²) in [6.07, 6.45) is -4.80. The third kappa shape index (κ3) is 4.43. The molecule has 0 aliphatic carbocycles. The van der Waals surface area contributed by atoms with Crippen LogP contribution in [0.2, 0.25) is 5.02 Å². The SMILES string of the molecule is CC(C)(C)S(=O)N[C@H](c1cc(Cl)ccc1F)C(F)(F)F. The number of hydrogen-bond acceptors (Lipinski definition) is 1. The highest BCUT2D eigenvalue weighted by atomic mass is 35.5. The van der Waals surface area contributed by atoms with E-state index in [1.807, 2.05) is 4.72 Å². The van der Waals surface area contributed by atoms with Crippen LogP contribution in [-0.4, -0.2) is 15.1 Å². The zero-order chi connectivity index (χ0) is 15.7. The lowest BCUT2D eigenvalue weighted by Gasteiger charge is -2.26. The quantitative estimate of drug-likeness (QED) is 0.829. The number of hydrogen-bond donors (Lipinski definition) is 1. The van der Waals surface area contributed by atoms with E-state index in [9.17, 15) is 21.8 Å². The molecule has 2 nitrogen and oxygen atoms in total. The van der Waals surface area contributed by atoms with Gasteiger partial charge < -0.3 is 0 Å². The minimum absolute atomic E-state index is 0.0287. The fourth-order valence-corrected chi connectivity index (χ4v) is 2.34. The molecule has 0 fully saturated rings. The van der Waals surface area contributed by atoms with Gasteiger partial charge in [0.2, 0.25) is 0 Å². The molecule has 114 valence electrons. The molecule has 0 saturated heterocycles. The van der Waals surface area contributed by atoms with Crippen molar-refractivity contribution < 1.29 is 21.8 Å². The Morgan fingerprint density at radius 2 is 1.80 bits per heavy atom. The molecule has 0 bridgehead atoms. The molecule has 1 unspecified atom stereocenters. The summed E-state index contributed by atoms with van der Waals surface area (Å²) < 4.78 is 65.6. The Kier molecular flexibility index (Phi) is 5.21. The molecule has 0 spiro atoms. The van der Waals surface area contributed by atoms with Gasteiger partial charge in [-0.25, -0.2) is 13.3 Å². The zero-order valence-electron chi connectivity index (χ0n) is 11.0. The first-order valence-electron chi connectivity index (χ1n) is 5.62. The Morgan fingerprint density at radius 1 is 1.25 bits per heavy atom. The second-order valence-corrected chi connectivity index (χ2v) is 7.57. The van der Waals surface area contributed by atoms with Crippen LogP contribution in [0.1, 0.15) is 32.4 Å². The maximum absolute atomic E-state index is 13.6. The fourth-order valence-electron chi connectivity index (χ4n) is 1.33. The first-order chi connectivity index (χ1) is 8.93. The monoisotopic (exact) mass is 331 g/mol. The first-order valence-corrected chi connectivity index (χ1v) is 7.15. The van der Waals surface area contributed by atoms with Crippen LogP contribution >= 0.6 is 11.6 Å². The van der Waals surface area contributed by atoms with Crippen LogP contribution in [0.5, 0.6) is 0 Å². The highest BCUT2D eigenvalue weighted by Gasteiger charge is 2.44. The Balaban J connectivity index is 3.21. The summed E-state index contributed by atoms with van der Waals surface area (Å²) in [5, 5.41) is -0.0287. The summed E-state index contributed by atoms with van der Waals surface area (Å²) in [6.45, 7) is 4.54. The van der Waals surface area contributed by atoms with E-state index in [1.54, 1.807) is 0 Å². The van der Waals surface area contributed by atoms with E-state index >= 15 is 0 Å². The van der Waals surface area contributed by atoms with Gasteiger partial charge in [0.15, 0.2) is 0 Å².